The maximum absolute atomic E-state index is 11.4. The fourth-order valence-electron chi connectivity index (χ4n) is 3.00. The first kappa shape index (κ1) is 18.8. The number of hydrogen-bond donors (Lipinski definition) is 3. The molecule has 1 aliphatic heterocycles. The highest BCUT2D eigenvalue weighted by Gasteiger charge is 2.14. The van der Waals surface area contributed by atoms with Crippen molar-refractivity contribution in [2.45, 2.75) is 26.3 Å². The monoisotopic (exact) mass is 366 g/mol. The van der Waals surface area contributed by atoms with Crippen molar-refractivity contribution in [1.29, 1.82) is 0 Å². The zero-order chi connectivity index (χ0) is 19.1. The molecule has 1 heterocycles. The summed E-state index contributed by atoms with van der Waals surface area (Å²) in [6, 6.07) is 14.1. The standard InChI is InChI=1S/C21H26N4O2/c1-15-5-3-4-6-17(15)14-24-21(22-2)23-11-12-27-18-8-9-19-16(13-18)7-10-20(26)25-19/h3-6,8-9,13H,7,10-12,14H2,1-2H3,(H,25,26)(H2,22,23,24). The van der Waals surface area contributed by atoms with E-state index < -0.39 is 0 Å². The van der Waals surface area contributed by atoms with Gasteiger partial charge in [-0.2, -0.15) is 0 Å². The molecular formula is C21H26N4O2. The maximum Gasteiger partial charge on any atom is 0.224 e. The number of ether oxygens (including phenoxy) is 1. The molecular weight excluding hydrogens is 340 g/mol. The van der Waals surface area contributed by atoms with Gasteiger partial charge in [0.05, 0.1) is 6.54 Å². The number of carbonyl (C=O) groups is 1. The minimum atomic E-state index is 0.0740. The van der Waals surface area contributed by atoms with Gasteiger partial charge in [-0.1, -0.05) is 24.3 Å². The van der Waals surface area contributed by atoms with Crippen molar-refractivity contribution in [1.82, 2.24) is 10.6 Å². The Kier molecular flexibility index (Phi) is 6.30. The molecule has 3 rings (SSSR count). The number of hydrogen-bond acceptors (Lipinski definition) is 3. The van der Waals surface area contributed by atoms with Gasteiger partial charge in [-0.15, -0.1) is 0 Å². The third-order valence-corrected chi connectivity index (χ3v) is 4.57. The molecule has 1 amide bonds. The lowest BCUT2D eigenvalue weighted by Gasteiger charge is -2.18. The van der Waals surface area contributed by atoms with Crippen molar-refractivity contribution in [2.75, 3.05) is 25.5 Å². The topological polar surface area (TPSA) is 74.8 Å². The third-order valence-electron chi connectivity index (χ3n) is 4.57. The van der Waals surface area contributed by atoms with Crippen molar-refractivity contribution < 1.29 is 9.53 Å². The number of nitrogens with one attached hydrogen (secondary N) is 3. The molecule has 6 heteroatoms. The van der Waals surface area contributed by atoms with Crippen LogP contribution in [0.4, 0.5) is 5.69 Å². The summed E-state index contributed by atoms with van der Waals surface area (Å²) < 4.78 is 5.82. The van der Waals surface area contributed by atoms with E-state index in [-0.39, 0.29) is 5.91 Å². The van der Waals surface area contributed by atoms with E-state index in [0.29, 0.717) is 19.6 Å². The van der Waals surface area contributed by atoms with Crippen molar-refractivity contribution in [2.24, 2.45) is 4.99 Å². The van der Waals surface area contributed by atoms with E-state index in [1.807, 2.05) is 30.3 Å². The summed E-state index contributed by atoms with van der Waals surface area (Å²) in [6.45, 7) is 3.99. The SMILES string of the molecule is CN=C(NCCOc1ccc2c(c1)CCC(=O)N2)NCc1ccccc1C. The van der Waals surface area contributed by atoms with E-state index in [4.69, 9.17) is 4.74 Å². The number of carbonyl (C=O) groups excluding carboxylic acids is 1. The highest BCUT2D eigenvalue weighted by Crippen LogP contribution is 2.26. The van der Waals surface area contributed by atoms with E-state index in [1.54, 1.807) is 7.05 Å². The van der Waals surface area contributed by atoms with Crippen molar-refractivity contribution in [3.63, 3.8) is 0 Å². The number of aliphatic imine (C=N–C) groups is 1. The molecule has 0 aliphatic carbocycles. The lowest BCUT2D eigenvalue weighted by molar-refractivity contribution is -0.116. The highest BCUT2D eigenvalue weighted by molar-refractivity contribution is 5.94. The van der Waals surface area contributed by atoms with Gasteiger partial charge in [0.2, 0.25) is 5.91 Å². The third kappa shape index (κ3) is 5.23. The number of aryl methyl sites for hydroxylation is 2. The number of fused-ring (bicyclic) bond motifs is 1. The van der Waals surface area contributed by atoms with E-state index in [0.717, 1.165) is 35.9 Å². The molecule has 2 aromatic carbocycles. The van der Waals surface area contributed by atoms with Gasteiger partial charge in [-0.05, 0) is 48.2 Å². The summed E-state index contributed by atoms with van der Waals surface area (Å²) in [5.41, 5.74) is 4.51. The Hall–Kier alpha value is -3.02. The summed E-state index contributed by atoms with van der Waals surface area (Å²) in [6.07, 6.45) is 1.28. The summed E-state index contributed by atoms with van der Waals surface area (Å²) in [5.74, 6) is 1.63. The Balaban J connectivity index is 1.42. The first-order chi connectivity index (χ1) is 13.2. The van der Waals surface area contributed by atoms with E-state index >= 15 is 0 Å². The van der Waals surface area contributed by atoms with Crippen LogP contribution >= 0.6 is 0 Å². The van der Waals surface area contributed by atoms with Crippen LogP contribution in [-0.4, -0.2) is 32.1 Å². The van der Waals surface area contributed by atoms with E-state index in [2.05, 4.69) is 40.0 Å². The molecule has 6 nitrogen and oxygen atoms in total. The van der Waals surface area contributed by atoms with Crippen LogP contribution in [0.5, 0.6) is 5.75 Å². The molecule has 2 aromatic rings. The molecule has 0 unspecified atom stereocenters. The molecule has 0 spiro atoms. The summed E-state index contributed by atoms with van der Waals surface area (Å²) in [5, 5.41) is 9.45. The average Bonchev–Trinajstić information content (AvgIpc) is 2.68. The van der Waals surface area contributed by atoms with Gasteiger partial charge in [0.25, 0.3) is 0 Å². The van der Waals surface area contributed by atoms with Gasteiger partial charge in [-0.25, -0.2) is 0 Å². The summed E-state index contributed by atoms with van der Waals surface area (Å²) in [4.78, 5) is 15.6. The Bertz CT molecular complexity index is 833. The van der Waals surface area contributed by atoms with Crippen molar-refractivity contribution in [3.8, 4) is 5.75 Å². The van der Waals surface area contributed by atoms with Crippen LogP contribution in [0.15, 0.2) is 47.5 Å². The van der Waals surface area contributed by atoms with Crippen LogP contribution in [-0.2, 0) is 17.8 Å². The van der Waals surface area contributed by atoms with Gasteiger partial charge in [0, 0.05) is 25.7 Å². The Morgan fingerprint density at radius 3 is 2.85 bits per heavy atom. The maximum atomic E-state index is 11.4. The molecule has 0 radical (unpaired) electrons. The lowest BCUT2D eigenvalue weighted by atomic mass is 10.0. The zero-order valence-electron chi connectivity index (χ0n) is 15.8. The van der Waals surface area contributed by atoms with Crippen LogP contribution in [0.1, 0.15) is 23.1 Å². The molecule has 0 atom stereocenters. The molecule has 0 fully saturated rings. The largest absolute Gasteiger partial charge is 0.492 e. The number of nitrogens with zero attached hydrogens (tertiary/aromatic N) is 1. The predicted molar refractivity (Wildman–Crippen MR) is 108 cm³/mol. The van der Waals surface area contributed by atoms with Crippen LogP contribution < -0.4 is 20.7 Å². The van der Waals surface area contributed by atoms with Gasteiger partial charge in [0.15, 0.2) is 5.96 Å². The first-order valence-electron chi connectivity index (χ1n) is 9.20. The number of anilines is 1. The fraction of sp³-hybridized carbons (Fsp3) is 0.333. The lowest BCUT2D eigenvalue weighted by Crippen LogP contribution is -2.39. The second-order valence-corrected chi connectivity index (χ2v) is 6.49. The summed E-state index contributed by atoms with van der Waals surface area (Å²) in [7, 11) is 1.76. The van der Waals surface area contributed by atoms with Gasteiger partial charge >= 0.3 is 0 Å². The summed E-state index contributed by atoms with van der Waals surface area (Å²) >= 11 is 0. The van der Waals surface area contributed by atoms with E-state index in [9.17, 15) is 4.79 Å². The number of benzene rings is 2. The molecule has 142 valence electrons. The van der Waals surface area contributed by atoms with Crippen molar-refractivity contribution >= 4 is 17.6 Å². The fourth-order valence-corrected chi connectivity index (χ4v) is 3.00. The molecule has 0 aromatic heterocycles. The molecule has 0 saturated carbocycles. The Morgan fingerprint density at radius 2 is 2.04 bits per heavy atom. The quantitative estimate of drug-likeness (QED) is 0.417. The number of guanidine groups is 1. The molecule has 1 aliphatic rings. The zero-order valence-corrected chi connectivity index (χ0v) is 15.8. The number of amides is 1. The van der Waals surface area contributed by atoms with Gasteiger partial charge in [-0.3, -0.25) is 9.79 Å². The van der Waals surface area contributed by atoms with Crippen LogP contribution in [0, 0.1) is 6.92 Å². The predicted octanol–water partition coefficient (Wildman–Crippen LogP) is 2.62. The Morgan fingerprint density at radius 1 is 1.19 bits per heavy atom. The Labute approximate surface area is 160 Å². The van der Waals surface area contributed by atoms with Gasteiger partial charge < -0.3 is 20.7 Å². The minimum absolute atomic E-state index is 0.0740. The average molecular weight is 366 g/mol. The van der Waals surface area contributed by atoms with Crippen molar-refractivity contribution in [3.05, 3.63) is 59.2 Å². The van der Waals surface area contributed by atoms with E-state index in [1.165, 1.54) is 11.1 Å². The highest BCUT2D eigenvalue weighted by atomic mass is 16.5. The normalized spacial score (nSPS) is 13.6. The molecule has 27 heavy (non-hydrogen) atoms. The van der Waals surface area contributed by atoms with Crippen LogP contribution in [0.3, 0.4) is 0 Å². The smallest absolute Gasteiger partial charge is 0.224 e. The first-order valence-corrected chi connectivity index (χ1v) is 9.20. The minimum Gasteiger partial charge on any atom is -0.492 e. The molecule has 0 bridgehead atoms. The van der Waals surface area contributed by atoms with Gasteiger partial charge in [0.1, 0.15) is 12.4 Å². The number of rotatable bonds is 6. The molecule has 0 saturated heterocycles. The molecule has 3 N–H and O–H groups in total. The van der Waals surface area contributed by atoms with Crippen LogP contribution in [0.25, 0.3) is 0 Å². The second-order valence-electron chi connectivity index (χ2n) is 6.49. The second kappa shape index (κ2) is 9.07. The van der Waals surface area contributed by atoms with Crippen LogP contribution in [0.2, 0.25) is 0 Å².